The lowest BCUT2D eigenvalue weighted by Gasteiger charge is -2.48. The van der Waals surface area contributed by atoms with E-state index in [1.807, 2.05) is 13.0 Å². The Morgan fingerprint density at radius 2 is 1.96 bits per heavy atom. The second-order valence-electron chi connectivity index (χ2n) is 8.06. The molecule has 3 fully saturated rings. The number of carbonyl (C=O) groups excluding carboxylic acids is 1. The van der Waals surface area contributed by atoms with Gasteiger partial charge in [0.1, 0.15) is 5.54 Å². The first-order valence-corrected chi connectivity index (χ1v) is 9.75. The third-order valence-corrected chi connectivity index (χ3v) is 6.40. The van der Waals surface area contributed by atoms with E-state index < -0.39 is 0 Å². The molecule has 1 aliphatic carbocycles. The zero-order chi connectivity index (χ0) is 17.4. The van der Waals surface area contributed by atoms with Gasteiger partial charge in [0.25, 0.3) is 0 Å². The molecule has 3 aliphatic rings. The fourth-order valence-electron chi connectivity index (χ4n) is 5.11. The number of nitrogens with zero attached hydrogens (tertiary/aromatic N) is 3. The van der Waals surface area contributed by atoms with E-state index in [2.05, 4.69) is 15.0 Å². The Kier molecular flexibility index (Phi) is 4.58. The lowest BCUT2D eigenvalue weighted by Crippen LogP contribution is -2.62. The van der Waals surface area contributed by atoms with Gasteiger partial charge in [0, 0.05) is 18.7 Å². The molecule has 0 aromatic carbocycles. The van der Waals surface area contributed by atoms with Crippen molar-refractivity contribution in [1.82, 2.24) is 15.0 Å². The second kappa shape index (κ2) is 6.72. The molecule has 25 heavy (non-hydrogen) atoms. The van der Waals surface area contributed by atoms with Crippen molar-refractivity contribution in [3.05, 3.63) is 17.5 Å². The maximum absolute atomic E-state index is 13.5. The van der Waals surface area contributed by atoms with Crippen LogP contribution in [0.4, 0.5) is 0 Å². The Bertz CT molecular complexity index is 623. The summed E-state index contributed by atoms with van der Waals surface area (Å²) < 4.78 is 5.41. The van der Waals surface area contributed by atoms with Crippen LogP contribution in [0.15, 0.2) is 10.6 Å². The molecule has 4 rings (SSSR count). The van der Waals surface area contributed by atoms with Gasteiger partial charge in [0.05, 0.1) is 18.3 Å². The van der Waals surface area contributed by atoms with Crippen LogP contribution in [0.3, 0.4) is 0 Å². The summed E-state index contributed by atoms with van der Waals surface area (Å²) in [4.78, 5) is 18.0. The van der Waals surface area contributed by atoms with Crippen molar-refractivity contribution in [2.45, 2.75) is 82.5 Å². The molecule has 2 aliphatic heterocycles. The Morgan fingerprint density at radius 3 is 2.64 bits per heavy atom. The monoisotopic (exact) mass is 347 g/mol. The minimum Gasteiger partial charge on any atom is -0.393 e. The maximum atomic E-state index is 13.5. The van der Waals surface area contributed by atoms with E-state index in [-0.39, 0.29) is 11.6 Å². The maximum Gasteiger partial charge on any atom is 0.243 e. The molecule has 0 bridgehead atoms. The summed E-state index contributed by atoms with van der Waals surface area (Å²) in [6.45, 7) is 4.42. The van der Waals surface area contributed by atoms with E-state index in [0.29, 0.717) is 18.5 Å². The SMILES string of the molecule is Cc1cc(CN2CCCC23CCCN(C2CCC(O)CC2)C3=O)on1. The molecule has 1 spiro atoms. The van der Waals surface area contributed by atoms with Crippen LogP contribution in [0.2, 0.25) is 0 Å². The average molecular weight is 347 g/mol. The van der Waals surface area contributed by atoms with Crippen LogP contribution in [0.5, 0.6) is 0 Å². The lowest BCUT2D eigenvalue weighted by atomic mass is 9.82. The molecular weight excluding hydrogens is 318 g/mol. The number of hydrogen-bond acceptors (Lipinski definition) is 5. The summed E-state index contributed by atoms with van der Waals surface area (Å²) in [6.07, 6.45) is 7.37. The van der Waals surface area contributed by atoms with Crippen molar-refractivity contribution in [2.24, 2.45) is 0 Å². The molecule has 1 unspecified atom stereocenters. The number of rotatable bonds is 3. The average Bonchev–Trinajstić information content (AvgIpc) is 3.19. The second-order valence-corrected chi connectivity index (χ2v) is 8.06. The van der Waals surface area contributed by atoms with E-state index in [1.54, 1.807) is 0 Å². The number of aliphatic hydroxyl groups is 1. The van der Waals surface area contributed by atoms with Crippen LogP contribution in [-0.4, -0.2) is 56.7 Å². The van der Waals surface area contributed by atoms with Crippen molar-refractivity contribution in [3.8, 4) is 0 Å². The molecule has 1 amide bonds. The highest BCUT2D eigenvalue weighted by Crippen LogP contribution is 2.41. The summed E-state index contributed by atoms with van der Waals surface area (Å²) in [5.41, 5.74) is 0.537. The molecule has 3 heterocycles. The molecular formula is C19H29N3O3. The molecule has 2 saturated heterocycles. The Labute approximate surface area is 149 Å². The number of hydrogen-bond donors (Lipinski definition) is 1. The fraction of sp³-hybridized carbons (Fsp3) is 0.789. The fourth-order valence-corrected chi connectivity index (χ4v) is 5.11. The van der Waals surface area contributed by atoms with Crippen LogP contribution in [0, 0.1) is 6.92 Å². The summed E-state index contributed by atoms with van der Waals surface area (Å²) >= 11 is 0. The minimum atomic E-state index is -0.352. The van der Waals surface area contributed by atoms with E-state index >= 15 is 0 Å². The van der Waals surface area contributed by atoms with E-state index in [0.717, 1.165) is 75.9 Å². The molecule has 0 radical (unpaired) electrons. The molecule has 6 nitrogen and oxygen atoms in total. The number of amides is 1. The predicted octanol–water partition coefficient (Wildman–Crippen LogP) is 2.24. The number of carbonyl (C=O) groups is 1. The van der Waals surface area contributed by atoms with Gasteiger partial charge < -0.3 is 14.5 Å². The first-order chi connectivity index (χ1) is 12.1. The first kappa shape index (κ1) is 17.0. The molecule has 1 aromatic heterocycles. The third-order valence-electron chi connectivity index (χ3n) is 6.40. The Balaban J connectivity index is 1.51. The summed E-state index contributed by atoms with van der Waals surface area (Å²) in [6, 6.07) is 2.28. The van der Waals surface area contributed by atoms with E-state index in [1.165, 1.54) is 0 Å². The van der Waals surface area contributed by atoms with E-state index in [9.17, 15) is 9.90 Å². The lowest BCUT2D eigenvalue weighted by molar-refractivity contribution is -0.152. The zero-order valence-corrected chi connectivity index (χ0v) is 15.1. The third kappa shape index (κ3) is 3.10. The largest absolute Gasteiger partial charge is 0.393 e. The van der Waals surface area contributed by atoms with Gasteiger partial charge in [-0.15, -0.1) is 0 Å². The molecule has 1 N–H and O–H groups in total. The van der Waals surface area contributed by atoms with Gasteiger partial charge in [-0.1, -0.05) is 5.16 Å². The van der Waals surface area contributed by atoms with Crippen LogP contribution in [0.1, 0.15) is 62.8 Å². The molecule has 1 aromatic rings. The van der Waals surface area contributed by atoms with Crippen LogP contribution in [-0.2, 0) is 11.3 Å². The smallest absolute Gasteiger partial charge is 0.243 e. The molecule has 138 valence electrons. The minimum absolute atomic E-state index is 0.178. The van der Waals surface area contributed by atoms with E-state index in [4.69, 9.17) is 4.52 Å². The summed E-state index contributed by atoms with van der Waals surface area (Å²) in [5.74, 6) is 1.17. The van der Waals surface area contributed by atoms with Crippen molar-refractivity contribution < 1.29 is 14.4 Å². The predicted molar refractivity (Wildman–Crippen MR) is 92.8 cm³/mol. The van der Waals surface area contributed by atoms with Gasteiger partial charge >= 0.3 is 0 Å². The Morgan fingerprint density at radius 1 is 1.24 bits per heavy atom. The summed E-state index contributed by atoms with van der Waals surface area (Å²) in [5, 5.41) is 13.8. The first-order valence-electron chi connectivity index (χ1n) is 9.75. The van der Waals surface area contributed by atoms with Gasteiger partial charge in [0.15, 0.2) is 5.76 Å². The van der Waals surface area contributed by atoms with Crippen LogP contribution in [0.25, 0.3) is 0 Å². The highest BCUT2D eigenvalue weighted by atomic mass is 16.5. The van der Waals surface area contributed by atoms with Crippen molar-refractivity contribution in [3.63, 3.8) is 0 Å². The standard InChI is InChI=1S/C19H29N3O3/c1-14-12-17(25-20-14)13-21-10-2-8-19(21)9-3-11-22(18(19)24)15-4-6-16(23)7-5-15/h12,15-16,23H,2-11,13H2,1H3. The van der Waals surface area contributed by atoms with Gasteiger partial charge in [-0.25, -0.2) is 0 Å². The normalized spacial score (nSPS) is 34.2. The van der Waals surface area contributed by atoms with Crippen molar-refractivity contribution >= 4 is 5.91 Å². The van der Waals surface area contributed by atoms with Gasteiger partial charge in [-0.3, -0.25) is 9.69 Å². The van der Waals surface area contributed by atoms with Crippen molar-refractivity contribution in [2.75, 3.05) is 13.1 Å². The molecule has 1 atom stereocenters. The molecule has 1 saturated carbocycles. The number of piperidine rings is 1. The quantitative estimate of drug-likeness (QED) is 0.908. The number of aryl methyl sites for hydroxylation is 1. The highest BCUT2D eigenvalue weighted by molar-refractivity contribution is 5.87. The van der Waals surface area contributed by atoms with Gasteiger partial charge in [-0.05, 0) is 64.8 Å². The van der Waals surface area contributed by atoms with Crippen molar-refractivity contribution in [1.29, 1.82) is 0 Å². The topological polar surface area (TPSA) is 69.8 Å². The zero-order valence-electron chi connectivity index (χ0n) is 15.1. The number of likely N-dealkylation sites (tertiary alicyclic amines) is 2. The number of aliphatic hydroxyl groups excluding tert-OH is 1. The van der Waals surface area contributed by atoms with Gasteiger partial charge in [-0.2, -0.15) is 0 Å². The highest BCUT2D eigenvalue weighted by Gasteiger charge is 2.52. The number of aromatic nitrogens is 1. The Hall–Kier alpha value is -1.40. The summed E-state index contributed by atoms with van der Waals surface area (Å²) in [7, 11) is 0. The molecule has 6 heteroatoms. The van der Waals surface area contributed by atoms with Crippen LogP contribution < -0.4 is 0 Å². The van der Waals surface area contributed by atoms with Gasteiger partial charge in [0.2, 0.25) is 5.91 Å². The van der Waals surface area contributed by atoms with Crippen LogP contribution >= 0.6 is 0 Å².